The number of hydrogen-bond donors (Lipinski definition) is 2. The average molecular weight is 194 g/mol. The van der Waals surface area contributed by atoms with Gasteiger partial charge in [-0.05, 0) is 18.6 Å². The number of hydrogen-bond acceptors (Lipinski definition) is 3. The van der Waals surface area contributed by atoms with E-state index in [4.69, 9.17) is 0 Å². The Morgan fingerprint density at radius 3 is 2.29 bits per heavy atom. The second-order valence-electron chi connectivity index (χ2n) is 3.67. The van der Waals surface area contributed by atoms with Crippen LogP contribution < -0.4 is 0 Å². The van der Waals surface area contributed by atoms with E-state index >= 15 is 0 Å². The van der Waals surface area contributed by atoms with Crippen LogP contribution in [0.25, 0.3) is 0 Å². The van der Waals surface area contributed by atoms with Gasteiger partial charge in [-0.15, -0.1) is 0 Å². The Balaban J connectivity index is 3.22. The molecule has 0 amide bonds. The van der Waals surface area contributed by atoms with Gasteiger partial charge in [0.05, 0.1) is 5.56 Å². The van der Waals surface area contributed by atoms with Crippen LogP contribution in [0.3, 0.4) is 0 Å². The van der Waals surface area contributed by atoms with Crippen molar-refractivity contribution in [3.05, 3.63) is 23.3 Å². The number of Topliss-reactive ketones (excluding diaryl/α,β-unsaturated/α-hetero) is 1. The number of phenols is 2. The molecule has 0 spiro atoms. The fourth-order valence-corrected chi connectivity index (χ4v) is 1.19. The average Bonchev–Trinajstić information content (AvgIpc) is 2.10. The molecule has 1 aromatic rings. The summed E-state index contributed by atoms with van der Waals surface area (Å²) in [4.78, 5) is 11.6. The van der Waals surface area contributed by atoms with Crippen molar-refractivity contribution in [1.82, 2.24) is 0 Å². The molecule has 3 nitrogen and oxygen atoms in total. The zero-order valence-electron chi connectivity index (χ0n) is 8.53. The van der Waals surface area contributed by atoms with E-state index in [1.54, 1.807) is 20.8 Å². The third-order valence-electron chi connectivity index (χ3n) is 2.10. The summed E-state index contributed by atoms with van der Waals surface area (Å²) < 4.78 is 0. The molecule has 14 heavy (non-hydrogen) atoms. The molecule has 0 fully saturated rings. The highest BCUT2D eigenvalue weighted by atomic mass is 16.3. The molecule has 0 radical (unpaired) electrons. The van der Waals surface area contributed by atoms with Crippen molar-refractivity contribution in [3.63, 3.8) is 0 Å². The van der Waals surface area contributed by atoms with E-state index < -0.39 is 0 Å². The van der Waals surface area contributed by atoms with Gasteiger partial charge in [-0.25, -0.2) is 0 Å². The Bertz CT molecular complexity index is 367. The van der Waals surface area contributed by atoms with Crippen molar-refractivity contribution in [2.24, 2.45) is 5.92 Å². The molecule has 0 saturated carbocycles. The number of aryl methyl sites for hydroxylation is 1. The van der Waals surface area contributed by atoms with Crippen molar-refractivity contribution < 1.29 is 15.0 Å². The van der Waals surface area contributed by atoms with Gasteiger partial charge < -0.3 is 10.2 Å². The minimum atomic E-state index is -0.162. The SMILES string of the molecule is Cc1cc(C(=O)C(C)C)c(O)cc1O. The molecule has 0 bridgehead atoms. The third kappa shape index (κ3) is 1.87. The first-order valence-electron chi connectivity index (χ1n) is 4.50. The van der Waals surface area contributed by atoms with E-state index in [1.165, 1.54) is 12.1 Å². The minimum Gasteiger partial charge on any atom is -0.508 e. The minimum absolute atomic E-state index is 0.00260. The van der Waals surface area contributed by atoms with Crippen LogP contribution in [-0.2, 0) is 0 Å². The Kier molecular flexibility index (Phi) is 2.79. The fourth-order valence-electron chi connectivity index (χ4n) is 1.19. The largest absolute Gasteiger partial charge is 0.508 e. The monoisotopic (exact) mass is 194 g/mol. The molecule has 0 atom stereocenters. The van der Waals surface area contributed by atoms with Gasteiger partial charge in [0.25, 0.3) is 0 Å². The smallest absolute Gasteiger partial charge is 0.169 e. The van der Waals surface area contributed by atoms with Crippen molar-refractivity contribution in [2.45, 2.75) is 20.8 Å². The van der Waals surface area contributed by atoms with E-state index in [9.17, 15) is 15.0 Å². The van der Waals surface area contributed by atoms with Gasteiger partial charge in [0, 0.05) is 12.0 Å². The van der Waals surface area contributed by atoms with Gasteiger partial charge in [0.15, 0.2) is 5.78 Å². The van der Waals surface area contributed by atoms with Crippen LogP contribution in [0.4, 0.5) is 0 Å². The van der Waals surface area contributed by atoms with Crippen LogP contribution in [0.15, 0.2) is 12.1 Å². The van der Waals surface area contributed by atoms with Crippen LogP contribution in [0.2, 0.25) is 0 Å². The van der Waals surface area contributed by atoms with E-state index in [-0.39, 0.29) is 28.8 Å². The van der Waals surface area contributed by atoms with Crippen molar-refractivity contribution in [1.29, 1.82) is 0 Å². The second kappa shape index (κ2) is 3.70. The lowest BCUT2D eigenvalue weighted by atomic mass is 9.98. The van der Waals surface area contributed by atoms with Crippen molar-refractivity contribution in [3.8, 4) is 11.5 Å². The number of rotatable bonds is 2. The quantitative estimate of drug-likeness (QED) is 0.710. The number of carbonyl (C=O) groups excluding carboxylic acids is 1. The molecule has 2 N–H and O–H groups in total. The molecule has 0 aliphatic rings. The predicted octanol–water partition coefficient (Wildman–Crippen LogP) is 2.24. The molecule has 1 rings (SSSR count). The summed E-state index contributed by atoms with van der Waals surface area (Å²) in [5.41, 5.74) is 0.863. The molecule has 0 saturated heterocycles. The lowest BCUT2D eigenvalue weighted by molar-refractivity contribution is 0.0936. The summed E-state index contributed by atoms with van der Waals surface area (Å²) in [6.07, 6.45) is 0. The molecule has 76 valence electrons. The van der Waals surface area contributed by atoms with Crippen LogP contribution in [0.1, 0.15) is 29.8 Å². The molecule has 3 heteroatoms. The summed E-state index contributed by atoms with van der Waals surface area (Å²) in [6.45, 7) is 5.22. The second-order valence-corrected chi connectivity index (χ2v) is 3.67. The summed E-state index contributed by atoms with van der Waals surface area (Å²) in [7, 11) is 0. The van der Waals surface area contributed by atoms with E-state index in [1.807, 2.05) is 0 Å². The van der Waals surface area contributed by atoms with Gasteiger partial charge in [0.2, 0.25) is 0 Å². The number of carbonyl (C=O) groups is 1. The molecular formula is C11H14O3. The fraction of sp³-hybridized carbons (Fsp3) is 0.364. The number of ketones is 1. The van der Waals surface area contributed by atoms with Gasteiger partial charge in [-0.1, -0.05) is 13.8 Å². The molecule has 0 heterocycles. The lowest BCUT2D eigenvalue weighted by Crippen LogP contribution is -2.07. The van der Waals surface area contributed by atoms with Crippen molar-refractivity contribution >= 4 is 5.78 Å². The standard InChI is InChI=1S/C11H14O3/c1-6(2)11(14)8-4-7(3)9(12)5-10(8)13/h4-6,12-13H,1-3H3. The summed E-state index contributed by atoms with van der Waals surface area (Å²) >= 11 is 0. The maximum Gasteiger partial charge on any atom is 0.169 e. The molecule has 0 aliphatic heterocycles. The Labute approximate surface area is 83.0 Å². The molecule has 1 aromatic carbocycles. The molecule has 0 aromatic heterocycles. The van der Waals surface area contributed by atoms with Crippen LogP contribution in [0, 0.1) is 12.8 Å². The van der Waals surface area contributed by atoms with E-state index in [2.05, 4.69) is 0 Å². The maximum atomic E-state index is 11.6. The first-order chi connectivity index (χ1) is 6.43. The lowest BCUT2D eigenvalue weighted by Gasteiger charge is -2.08. The van der Waals surface area contributed by atoms with Crippen LogP contribution >= 0.6 is 0 Å². The van der Waals surface area contributed by atoms with Crippen molar-refractivity contribution in [2.75, 3.05) is 0 Å². The molecule has 0 unspecified atom stereocenters. The summed E-state index contributed by atoms with van der Waals surface area (Å²) in [6, 6.07) is 2.71. The zero-order valence-corrected chi connectivity index (χ0v) is 8.53. The predicted molar refractivity (Wildman–Crippen MR) is 53.7 cm³/mol. The normalized spacial score (nSPS) is 10.6. The molecular weight excluding hydrogens is 180 g/mol. The Hall–Kier alpha value is -1.51. The highest BCUT2D eigenvalue weighted by Crippen LogP contribution is 2.28. The van der Waals surface area contributed by atoms with E-state index in [0.29, 0.717) is 5.56 Å². The first-order valence-corrected chi connectivity index (χ1v) is 4.50. The summed E-state index contributed by atoms with van der Waals surface area (Å²) in [5, 5.41) is 18.7. The van der Waals surface area contributed by atoms with Crippen LogP contribution in [0.5, 0.6) is 11.5 Å². The number of aromatic hydroxyl groups is 2. The highest BCUT2D eigenvalue weighted by molar-refractivity contribution is 6.00. The third-order valence-corrected chi connectivity index (χ3v) is 2.10. The first kappa shape index (κ1) is 10.6. The van der Waals surface area contributed by atoms with Gasteiger partial charge in [0.1, 0.15) is 11.5 Å². The van der Waals surface area contributed by atoms with Crippen LogP contribution in [-0.4, -0.2) is 16.0 Å². The van der Waals surface area contributed by atoms with Gasteiger partial charge >= 0.3 is 0 Å². The maximum absolute atomic E-state index is 11.6. The molecule has 0 aliphatic carbocycles. The Morgan fingerprint density at radius 1 is 1.21 bits per heavy atom. The summed E-state index contributed by atoms with van der Waals surface area (Å²) in [5.74, 6) is -0.440. The topological polar surface area (TPSA) is 57.5 Å². The number of benzene rings is 1. The van der Waals surface area contributed by atoms with E-state index in [0.717, 1.165) is 0 Å². The number of phenolic OH excluding ortho intramolecular Hbond substituents is 2. The van der Waals surface area contributed by atoms with Gasteiger partial charge in [-0.2, -0.15) is 0 Å². The van der Waals surface area contributed by atoms with Gasteiger partial charge in [-0.3, -0.25) is 4.79 Å². The Morgan fingerprint density at radius 2 is 1.79 bits per heavy atom. The zero-order chi connectivity index (χ0) is 10.9. The highest BCUT2D eigenvalue weighted by Gasteiger charge is 2.16.